The predicted molar refractivity (Wildman–Crippen MR) is 148 cm³/mol. The number of nitriles is 1. The Hall–Kier alpha value is -3.24. The first-order chi connectivity index (χ1) is 18.6. The number of hydrogen-bond acceptors (Lipinski definition) is 9. The molecular weight excluding hydrogens is 522 g/mol. The van der Waals surface area contributed by atoms with Gasteiger partial charge in [-0.2, -0.15) is 5.26 Å². The van der Waals surface area contributed by atoms with Crippen LogP contribution in [0.5, 0.6) is 0 Å². The number of nitrogens with zero attached hydrogens (tertiary/aromatic N) is 2. The van der Waals surface area contributed by atoms with Gasteiger partial charge in [0.1, 0.15) is 35.9 Å². The minimum absolute atomic E-state index is 0.112. The molecule has 0 saturated carbocycles. The van der Waals surface area contributed by atoms with Crippen molar-refractivity contribution < 1.29 is 32.9 Å². The molecule has 1 saturated heterocycles. The van der Waals surface area contributed by atoms with E-state index >= 15 is 0 Å². The van der Waals surface area contributed by atoms with Crippen LogP contribution >= 0.6 is 0 Å². The van der Waals surface area contributed by atoms with Gasteiger partial charge >= 0.3 is 0 Å². The molecule has 2 heterocycles. The lowest BCUT2D eigenvalue weighted by atomic mass is 10.0. The molecule has 1 aromatic heterocycles. The average molecular weight is 556 g/mol. The molecule has 4 atom stereocenters. The van der Waals surface area contributed by atoms with Gasteiger partial charge in [0, 0.05) is 36.5 Å². The molecule has 0 amide bonds. The molecule has 39 heavy (non-hydrogen) atoms. The largest absolute Gasteiger partial charge is 0.456 e. The molecule has 4 rings (SSSR count). The van der Waals surface area contributed by atoms with Crippen molar-refractivity contribution in [3.63, 3.8) is 0 Å². The van der Waals surface area contributed by atoms with E-state index in [1.165, 1.54) is 6.92 Å². The van der Waals surface area contributed by atoms with Crippen molar-refractivity contribution in [3.8, 4) is 17.4 Å². The Morgan fingerprint density at radius 2 is 1.74 bits per heavy atom. The summed E-state index contributed by atoms with van der Waals surface area (Å²) in [7, 11) is -4.30. The predicted octanol–water partition coefficient (Wildman–Crippen LogP) is 2.60. The van der Waals surface area contributed by atoms with Crippen LogP contribution in [0.25, 0.3) is 27.7 Å². The number of ether oxygens (including phenoxy) is 1. The molecular formula is C28H33N3O7S. The minimum atomic E-state index is -4.30. The van der Waals surface area contributed by atoms with Crippen LogP contribution in [0, 0.1) is 11.3 Å². The number of anilines is 1. The van der Waals surface area contributed by atoms with Crippen LogP contribution in [0.2, 0.25) is 0 Å². The molecule has 0 spiro atoms. The van der Waals surface area contributed by atoms with Crippen molar-refractivity contribution in [2.45, 2.75) is 45.2 Å². The fourth-order valence-electron chi connectivity index (χ4n) is 4.63. The molecule has 1 aliphatic heterocycles. The Kier molecular flexibility index (Phi) is 8.76. The molecule has 1 fully saturated rings. The Morgan fingerprint density at radius 1 is 1.05 bits per heavy atom. The maximum absolute atomic E-state index is 12.9. The summed E-state index contributed by atoms with van der Waals surface area (Å²) in [4.78, 5) is 1.73. The van der Waals surface area contributed by atoms with Crippen molar-refractivity contribution >= 4 is 32.1 Å². The molecule has 0 unspecified atom stereocenters. The third-order valence-electron chi connectivity index (χ3n) is 7.00. The van der Waals surface area contributed by atoms with E-state index in [9.17, 15) is 29.0 Å². The van der Waals surface area contributed by atoms with E-state index < -0.39 is 45.9 Å². The summed E-state index contributed by atoms with van der Waals surface area (Å²) in [5, 5.41) is 41.2. The van der Waals surface area contributed by atoms with E-state index in [1.54, 1.807) is 18.2 Å². The lowest BCUT2D eigenvalue weighted by molar-refractivity contribution is -0.184. The highest BCUT2D eigenvalue weighted by molar-refractivity contribution is 7.93. The van der Waals surface area contributed by atoms with Crippen LogP contribution in [0.3, 0.4) is 0 Å². The molecule has 1 aliphatic rings. The second-order valence-electron chi connectivity index (χ2n) is 9.42. The van der Waals surface area contributed by atoms with Crippen molar-refractivity contribution in [2.75, 3.05) is 31.1 Å². The first kappa shape index (κ1) is 28.8. The van der Waals surface area contributed by atoms with Gasteiger partial charge in [-0.15, -0.1) is 0 Å². The first-order valence-electron chi connectivity index (χ1n) is 12.7. The summed E-state index contributed by atoms with van der Waals surface area (Å²) in [5.74, 6) is 0.740. The molecule has 208 valence electrons. The third-order valence-corrected chi connectivity index (χ3v) is 8.49. The molecule has 0 radical (unpaired) electrons. The maximum atomic E-state index is 12.9. The smallest absolute Gasteiger partial charge is 0.251 e. The minimum Gasteiger partial charge on any atom is -0.456 e. The summed E-state index contributed by atoms with van der Waals surface area (Å²) in [6, 6.07) is 17.3. The summed E-state index contributed by atoms with van der Waals surface area (Å²) in [6.45, 7) is 6.89. The lowest BCUT2D eigenvalue weighted by Crippen LogP contribution is -2.56. The normalized spacial score (nSPS) is 22.4. The number of aliphatic hydroxyl groups excluding tert-OH is 3. The number of benzene rings is 2. The fourth-order valence-corrected chi connectivity index (χ4v) is 5.79. The maximum Gasteiger partial charge on any atom is 0.251 e. The Bertz CT molecular complexity index is 1500. The number of hydrogen-bond donors (Lipinski definition) is 4. The molecule has 11 heteroatoms. The molecule has 10 nitrogen and oxygen atoms in total. The van der Waals surface area contributed by atoms with E-state index in [0.29, 0.717) is 5.76 Å². The van der Waals surface area contributed by atoms with Crippen LogP contribution in [-0.4, -0.2) is 74.4 Å². The van der Waals surface area contributed by atoms with Gasteiger partial charge in [-0.05, 0) is 61.9 Å². The number of sulfonamides is 1. The second kappa shape index (κ2) is 11.9. The van der Waals surface area contributed by atoms with Gasteiger partial charge in [0.2, 0.25) is 0 Å². The standard InChI is InChI=1S/C28H33N3O7S/c1-4-31(5-2)21-9-8-18-12-20(7-6-19(18)13-21)24-11-10-23(38-24)17(3)26(14-29)39(35,36)30-15-25-28(34)27(33)22(32)16-37-25/h6-13,22,25,27-28,30,32-34H,4-5,15-16H2,1-3H3/b26-17+/t22-,25+,27+,28+/m0/s1. The van der Waals surface area contributed by atoms with E-state index in [-0.39, 0.29) is 17.9 Å². The number of rotatable bonds is 9. The Morgan fingerprint density at radius 3 is 2.44 bits per heavy atom. The lowest BCUT2D eigenvalue weighted by Gasteiger charge is -2.35. The highest BCUT2D eigenvalue weighted by atomic mass is 32.2. The zero-order valence-corrected chi connectivity index (χ0v) is 22.9. The van der Waals surface area contributed by atoms with Crippen LogP contribution in [0.4, 0.5) is 5.69 Å². The van der Waals surface area contributed by atoms with Crippen LogP contribution < -0.4 is 9.62 Å². The Balaban J connectivity index is 1.55. The highest BCUT2D eigenvalue weighted by Crippen LogP contribution is 2.31. The average Bonchev–Trinajstić information content (AvgIpc) is 3.42. The van der Waals surface area contributed by atoms with Crippen molar-refractivity contribution in [1.29, 1.82) is 5.26 Å². The zero-order chi connectivity index (χ0) is 28.3. The van der Waals surface area contributed by atoms with Gasteiger partial charge in [-0.25, -0.2) is 13.1 Å². The molecule has 0 aliphatic carbocycles. The Labute approximate surface area is 227 Å². The van der Waals surface area contributed by atoms with E-state index in [2.05, 4.69) is 41.7 Å². The quantitative estimate of drug-likeness (QED) is 0.291. The van der Waals surface area contributed by atoms with Crippen molar-refractivity contribution in [1.82, 2.24) is 4.72 Å². The highest BCUT2D eigenvalue weighted by Gasteiger charge is 2.38. The molecule has 4 N–H and O–H groups in total. The summed E-state index contributed by atoms with van der Waals surface area (Å²) < 4.78 is 39.3. The third kappa shape index (κ3) is 6.01. The first-order valence-corrected chi connectivity index (χ1v) is 14.2. The monoisotopic (exact) mass is 555 g/mol. The van der Waals surface area contributed by atoms with E-state index in [4.69, 9.17) is 9.15 Å². The topological polar surface area (TPSA) is 156 Å². The number of allylic oxidation sites excluding steroid dienone is 2. The van der Waals surface area contributed by atoms with E-state index in [1.807, 2.05) is 18.2 Å². The van der Waals surface area contributed by atoms with Gasteiger partial charge in [0.05, 0.1) is 12.7 Å². The fraction of sp³-hybridized carbons (Fsp3) is 0.393. The SMILES string of the molecule is CCN(CC)c1ccc2cc(-c3ccc(/C(C)=C(\C#N)S(=O)(=O)NC[C@H]4OC[C@H](O)[C@@H](O)[C@@H]4O)o3)ccc2c1. The van der Waals surface area contributed by atoms with Crippen LogP contribution in [-0.2, 0) is 14.8 Å². The molecule has 2 aromatic carbocycles. The number of aliphatic hydroxyl groups is 3. The van der Waals surface area contributed by atoms with Gasteiger partial charge < -0.3 is 29.4 Å². The zero-order valence-electron chi connectivity index (χ0n) is 22.0. The van der Waals surface area contributed by atoms with E-state index in [0.717, 1.165) is 35.1 Å². The second-order valence-corrected chi connectivity index (χ2v) is 11.1. The number of furan rings is 1. The molecule has 0 bridgehead atoms. The van der Waals surface area contributed by atoms with Crippen molar-refractivity contribution in [3.05, 3.63) is 59.2 Å². The summed E-state index contributed by atoms with van der Waals surface area (Å²) in [6.07, 6.45) is -5.33. The number of nitrogens with one attached hydrogen (secondary N) is 1. The van der Waals surface area contributed by atoms with Crippen molar-refractivity contribution in [2.24, 2.45) is 0 Å². The van der Waals surface area contributed by atoms with Gasteiger partial charge in [0.15, 0.2) is 4.91 Å². The van der Waals surface area contributed by atoms with Gasteiger partial charge in [0.25, 0.3) is 10.0 Å². The van der Waals surface area contributed by atoms with Crippen LogP contribution in [0.15, 0.2) is 57.9 Å². The van der Waals surface area contributed by atoms with Gasteiger partial charge in [-0.1, -0.05) is 18.2 Å². The summed E-state index contributed by atoms with van der Waals surface area (Å²) >= 11 is 0. The van der Waals surface area contributed by atoms with Crippen LogP contribution in [0.1, 0.15) is 26.5 Å². The summed E-state index contributed by atoms with van der Waals surface area (Å²) in [5.41, 5.74) is 2.07. The van der Waals surface area contributed by atoms with Gasteiger partial charge in [-0.3, -0.25) is 0 Å². The number of fused-ring (bicyclic) bond motifs is 1. The molecule has 3 aromatic rings.